The topological polar surface area (TPSA) is 63.7 Å². The molecule has 0 aromatic carbocycles. The van der Waals surface area contributed by atoms with Gasteiger partial charge in [-0.15, -0.1) is 0 Å². The molecule has 0 radical (unpaired) electrons. The summed E-state index contributed by atoms with van der Waals surface area (Å²) in [6.45, 7) is 2.00. The Kier molecular flexibility index (Phi) is 5.02. The highest BCUT2D eigenvalue weighted by atomic mass is 19.1. The summed E-state index contributed by atoms with van der Waals surface area (Å²) in [6, 6.07) is 9.61. The Morgan fingerprint density at radius 2 is 1.96 bits per heavy atom. The summed E-state index contributed by atoms with van der Waals surface area (Å²) in [6.07, 6.45) is 7.30. The predicted octanol–water partition coefficient (Wildman–Crippen LogP) is 4.19. The zero-order valence-corrected chi connectivity index (χ0v) is 15.9. The van der Waals surface area contributed by atoms with E-state index in [0.717, 1.165) is 39.8 Å². The Bertz CT molecular complexity index is 1120. The molecule has 142 valence electrons. The van der Waals surface area contributed by atoms with Gasteiger partial charge in [0.25, 0.3) is 0 Å². The van der Waals surface area contributed by atoms with Crippen molar-refractivity contribution in [2.24, 2.45) is 0 Å². The van der Waals surface area contributed by atoms with Gasteiger partial charge in [0.1, 0.15) is 5.65 Å². The van der Waals surface area contributed by atoms with E-state index in [1.54, 1.807) is 13.3 Å². The summed E-state index contributed by atoms with van der Waals surface area (Å²) in [5.74, 6) is 0.162. The molecule has 0 aliphatic rings. The fraction of sp³-hybridized carbons (Fsp3) is 0.227. The Labute approximate surface area is 162 Å². The predicted molar refractivity (Wildman–Crippen MR) is 106 cm³/mol. The fourth-order valence-electron chi connectivity index (χ4n) is 3.28. The molecule has 0 saturated carbocycles. The lowest BCUT2D eigenvalue weighted by atomic mass is 10.0. The van der Waals surface area contributed by atoms with Gasteiger partial charge in [-0.2, -0.15) is 4.39 Å². The number of hydrogen-bond donors (Lipinski definition) is 1. The number of aromatic nitrogens is 4. The highest BCUT2D eigenvalue weighted by Crippen LogP contribution is 2.22. The molecule has 4 heterocycles. The molecule has 4 aromatic heterocycles. The van der Waals surface area contributed by atoms with E-state index in [1.807, 2.05) is 43.6 Å². The van der Waals surface area contributed by atoms with Crippen molar-refractivity contribution >= 4 is 11.0 Å². The van der Waals surface area contributed by atoms with Crippen molar-refractivity contribution in [1.82, 2.24) is 19.9 Å². The van der Waals surface area contributed by atoms with E-state index in [0.29, 0.717) is 24.3 Å². The third kappa shape index (κ3) is 3.86. The fourth-order valence-corrected chi connectivity index (χ4v) is 3.28. The number of H-pyrrole nitrogens is 1. The molecular weight excluding hydrogens is 355 g/mol. The number of fused-ring (bicyclic) bond motifs is 1. The van der Waals surface area contributed by atoms with Crippen LogP contribution in [0.4, 0.5) is 4.39 Å². The van der Waals surface area contributed by atoms with Crippen LogP contribution in [0.1, 0.15) is 27.9 Å². The van der Waals surface area contributed by atoms with E-state index in [-0.39, 0.29) is 0 Å². The van der Waals surface area contributed by atoms with Gasteiger partial charge in [0.05, 0.1) is 7.11 Å². The summed E-state index contributed by atoms with van der Waals surface area (Å²) >= 11 is 0. The summed E-state index contributed by atoms with van der Waals surface area (Å²) in [5, 5.41) is 1.02. The Morgan fingerprint density at radius 3 is 2.79 bits per heavy atom. The summed E-state index contributed by atoms with van der Waals surface area (Å²) in [4.78, 5) is 15.8. The van der Waals surface area contributed by atoms with Crippen LogP contribution in [0.5, 0.6) is 5.88 Å². The van der Waals surface area contributed by atoms with Gasteiger partial charge in [-0.1, -0.05) is 6.07 Å². The smallest absolute Gasteiger partial charge is 0.216 e. The maximum atomic E-state index is 14.6. The minimum absolute atomic E-state index is 0.417. The van der Waals surface area contributed by atoms with Crippen molar-refractivity contribution in [2.45, 2.75) is 26.2 Å². The molecule has 0 saturated heterocycles. The van der Waals surface area contributed by atoms with Crippen molar-refractivity contribution < 1.29 is 9.13 Å². The number of methoxy groups -OCH3 is 1. The monoisotopic (exact) mass is 376 g/mol. The first kappa shape index (κ1) is 18.1. The lowest BCUT2D eigenvalue weighted by Crippen LogP contribution is -2.01. The maximum absolute atomic E-state index is 14.6. The molecule has 4 aromatic rings. The summed E-state index contributed by atoms with van der Waals surface area (Å²) < 4.78 is 19.7. The molecule has 0 fully saturated rings. The number of rotatable bonds is 6. The number of hydrogen-bond acceptors (Lipinski definition) is 4. The lowest BCUT2D eigenvalue weighted by molar-refractivity contribution is 0.397. The van der Waals surface area contributed by atoms with Gasteiger partial charge >= 0.3 is 0 Å². The molecule has 0 amide bonds. The normalized spacial score (nSPS) is 11.1. The van der Waals surface area contributed by atoms with E-state index in [1.165, 1.54) is 0 Å². The van der Waals surface area contributed by atoms with Crippen molar-refractivity contribution in [3.8, 4) is 5.88 Å². The number of nitrogens with zero attached hydrogens (tertiary/aromatic N) is 3. The maximum Gasteiger partial charge on any atom is 0.216 e. The molecular formula is C22H21FN4O. The third-order valence-corrected chi connectivity index (χ3v) is 4.80. The second-order valence-corrected chi connectivity index (χ2v) is 6.86. The van der Waals surface area contributed by atoms with Crippen LogP contribution in [0.15, 0.2) is 48.9 Å². The van der Waals surface area contributed by atoms with Crippen molar-refractivity contribution in [1.29, 1.82) is 0 Å². The van der Waals surface area contributed by atoms with Gasteiger partial charge in [-0.05, 0) is 54.7 Å². The second kappa shape index (κ2) is 7.76. The van der Waals surface area contributed by atoms with Crippen LogP contribution in [0.3, 0.4) is 0 Å². The number of pyridine rings is 3. The van der Waals surface area contributed by atoms with Gasteiger partial charge in [-0.3, -0.25) is 0 Å². The van der Waals surface area contributed by atoms with Gasteiger partial charge in [0, 0.05) is 47.7 Å². The first-order valence-corrected chi connectivity index (χ1v) is 9.18. The van der Waals surface area contributed by atoms with E-state index >= 15 is 0 Å². The van der Waals surface area contributed by atoms with Crippen molar-refractivity contribution in [2.75, 3.05) is 7.11 Å². The Morgan fingerprint density at radius 1 is 1.07 bits per heavy atom. The standard InChI is InChI=1S/C22H21FN4O/c1-14-9-19-17(13-26-22(19)25-12-14)11-16-4-6-18(27-21(16)23)5-3-15-7-8-24-20(10-15)28-2/h4,6-10,12-13H,3,5,11H2,1-2H3,(H,25,26). The van der Waals surface area contributed by atoms with E-state index in [9.17, 15) is 4.39 Å². The number of halogens is 1. The first-order valence-electron chi connectivity index (χ1n) is 9.18. The minimum atomic E-state index is -0.417. The first-order chi connectivity index (χ1) is 13.6. The summed E-state index contributed by atoms with van der Waals surface area (Å²) in [5.41, 5.74) is 5.31. The highest BCUT2D eigenvalue weighted by molar-refractivity contribution is 5.80. The molecule has 1 N–H and O–H groups in total. The van der Waals surface area contributed by atoms with Gasteiger partial charge < -0.3 is 9.72 Å². The molecule has 5 nitrogen and oxygen atoms in total. The largest absolute Gasteiger partial charge is 0.481 e. The molecule has 0 aliphatic heterocycles. The quantitative estimate of drug-likeness (QED) is 0.513. The second-order valence-electron chi connectivity index (χ2n) is 6.86. The lowest BCUT2D eigenvalue weighted by Gasteiger charge is -2.06. The van der Waals surface area contributed by atoms with E-state index in [4.69, 9.17) is 4.74 Å². The van der Waals surface area contributed by atoms with Crippen LogP contribution in [0.2, 0.25) is 0 Å². The van der Waals surface area contributed by atoms with Crippen LogP contribution in [-0.4, -0.2) is 27.0 Å². The van der Waals surface area contributed by atoms with Crippen LogP contribution in [-0.2, 0) is 19.3 Å². The minimum Gasteiger partial charge on any atom is -0.481 e. The molecule has 0 bridgehead atoms. The van der Waals surface area contributed by atoms with Crippen LogP contribution < -0.4 is 4.74 Å². The number of aromatic amines is 1. The van der Waals surface area contributed by atoms with Crippen molar-refractivity contribution in [3.63, 3.8) is 0 Å². The van der Waals surface area contributed by atoms with Crippen LogP contribution in [0, 0.1) is 12.9 Å². The average Bonchev–Trinajstić information content (AvgIpc) is 3.10. The van der Waals surface area contributed by atoms with E-state index < -0.39 is 5.95 Å². The summed E-state index contributed by atoms with van der Waals surface area (Å²) in [7, 11) is 1.59. The molecule has 0 spiro atoms. The van der Waals surface area contributed by atoms with Gasteiger partial charge in [0.15, 0.2) is 0 Å². The molecule has 6 heteroatoms. The third-order valence-electron chi connectivity index (χ3n) is 4.80. The molecule has 28 heavy (non-hydrogen) atoms. The van der Waals surface area contributed by atoms with Crippen LogP contribution >= 0.6 is 0 Å². The molecule has 0 atom stereocenters. The molecule has 4 rings (SSSR count). The van der Waals surface area contributed by atoms with Gasteiger partial charge in [0.2, 0.25) is 11.8 Å². The van der Waals surface area contributed by atoms with Gasteiger partial charge in [-0.25, -0.2) is 15.0 Å². The Balaban J connectivity index is 1.48. The number of aryl methyl sites for hydroxylation is 3. The number of nitrogens with one attached hydrogen (secondary N) is 1. The zero-order valence-electron chi connectivity index (χ0n) is 15.9. The Hall–Kier alpha value is -3.28. The number of ether oxygens (including phenoxy) is 1. The van der Waals surface area contributed by atoms with Crippen LogP contribution in [0.25, 0.3) is 11.0 Å². The molecule has 0 unspecified atom stereocenters. The highest BCUT2D eigenvalue weighted by Gasteiger charge is 2.11. The SMILES string of the molecule is COc1cc(CCc2ccc(Cc3c[nH]c4ncc(C)cc34)c(F)n2)ccn1. The average molecular weight is 376 g/mol. The molecule has 0 aliphatic carbocycles. The zero-order chi connectivity index (χ0) is 19.5. The van der Waals surface area contributed by atoms with E-state index in [2.05, 4.69) is 26.0 Å². The van der Waals surface area contributed by atoms with Crippen molar-refractivity contribution in [3.05, 3.63) is 82.8 Å².